The van der Waals surface area contributed by atoms with E-state index in [1.807, 2.05) is 6.07 Å². The van der Waals surface area contributed by atoms with E-state index in [-0.39, 0.29) is 12.2 Å². The molecular formula is C26H17Br2Cl2N3O5. The number of rotatable bonds is 8. The number of carbonyl (C=O) groups is 3. The van der Waals surface area contributed by atoms with Crippen molar-refractivity contribution in [2.45, 2.75) is 0 Å². The van der Waals surface area contributed by atoms with Gasteiger partial charge in [-0.1, -0.05) is 23.2 Å². The minimum Gasteiger partial charge on any atom is -0.481 e. The van der Waals surface area contributed by atoms with Crippen LogP contribution in [-0.2, 0) is 14.3 Å². The summed E-state index contributed by atoms with van der Waals surface area (Å²) >= 11 is 18.6. The molecule has 0 saturated heterocycles. The molecule has 194 valence electrons. The number of esters is 1. The lowest BCUT2D eigenvalue weighted by Crippen LogP contribution is -2.20. The SMILES string of the molecule is COC(=O)c1ccc(NC(=O)/C(C#N)=C\c2cc(Br)c(OCC(=O)Nc3ccc(Cl)c(Cl)c3)c(Br)c2)cc1. The Morgan fingerprint density at radius 1 is 0.947 bits per heavy atom. The molecule has 0 heterocycles. The predicted molar refractivity (Wildman–Crippen MR) is 152 cm³/mol. The first kappa shape index (κ1) is 29.2. The zero-order valence-corrected chi connectivity index (χ0v) is 24.2. The van der Waals surface area contributed by atoms with Crippen molar-refractivity contribution in [2.24, 2.45) is 0 Å². The normalized spacial score (nSPS) is 10.8. The van der Waals surface area contributed by atoms with E-state index >= 15 is 0 Å². The molecule has 12 heteroatoms. The number of nitrogens with one attached hydrogen (secondary N) is 2. The van der Waals surface area contributed by atoms with Crippen molar-refractivity contribution in [3.05, 3.63) is 90.3 Å². The Labute approximate surface area is 244 Å². The van der Waals surface area contributed by atoms with Crippen LogP contribution in [0.2, 0.25) is 10.0 Å². The third-order valence-corrected chi connectivity index (χ3v) is 6.73. The average Bonchev–Trinajstić information content (AvgIpc) is 2.88. The number of halogens is 4. The molecular weight excluding hydrogens is 665 g/mol. The van der Waals surface area contributed by atoms with E-state index in [0.717, 1.165) is 0 Å². The average molecular weight is 682 g/mol. The van der Waals surface area contributed by atoms with Crippen LogP contribution in [0, 0.1) is 11.3 Å². The molecule has 0 aliphatic heterocycles. The highest BCUT2D eigenvalue weighted by Gasteiger charge is 2.15. The number of hydrogen-bond donors (Lipinski definition) is 2. The van der Waals surface area contributed by atoms with Gasteiger partial charge in [0.05, 0.1) is 31.7 Å². The molecule has 3 aromatic rings. The summed E-state index contributed by atoms with van der Waals surface area (Å²) in [5, 5.41) is 15.5. The topological polar surface area (TPSA) is 118 Å². The Kier molecular flexibility index (Phi) is 10.3. The Morgan fingerprint density at radius 3 is 2.16 bits per heavy atom. The lowest BCUT2D eigenvalue weighted by atomic mass is 10.1. The zero-order valence-electron chi connectivity index (χ0n) is 19.5. The van der Waals surface area contributed by atoms with E-state index in [1.54, 1.807) is 24.3 Å². The lowest BCUT2D eigenvalue weighted by molar-refractivity contribution is -0.118. The molecule has 2 amide bonds. The zero-order chi connectivity index (χ0) is 27.8. The number of benzene rings is 3. The Morgan fingerprint density at radius 2 is 1.58 bits per heavy atom. The summed E-state index contributed by atoms with van der Waals surface area (Å²) in [6, 6.07) is 15.9. The van der Waals surface area contributed by atoms with Crippen molar-refractivity contribution in [3.8, 4) is 11.8 Å². The van der Waals surface area contributed by atoms with Crippen LogP contribution in [0.25, 0.3) is 6.08 Å². The Bertz CT molecular complexity index is 1450. The van der Waals surface area contributed by atoms with Crippen LogP contribution < -0.4 is 15.4 Å². The van der Waals surface area contributed by atoms with Crippen molar-refractivity contribution >= 4 is 90.3 Å². The van der Waals surface area contributed by atoms with Crippen LogP contribution in [0.15, 0.2) is 69.1 Å². The van der Waals surface area contributed by atoms with Gasteiger partial charge in [0, 0.05) is 11.4 Å². The number of nitriles is 1. The smallest absolute Gasteiger partial charge is 0.337 e. The quantitative estimate of drug-likeness (QED) is 0.152. The first-order chi connectivity index (χ1) is 18.1. The number of carbonyl (C=O) groups excluding carboxylic acids is 3. The van der Waals surface area contributed by atoms with Crippen LogP contribution in [0.3, 0.4) is 0 Å². The number of anilines is 2. The molecule has 0 radical (unpaired) electrons. The highest BCUT2D eigenvalue weighted by atomic mass is 79.9. The third kappa shape index (κ3) is 7.82. The van der Waals surface area contributed by atoms with Crippen LogP contribution >= 0.6 is 55.1 Å². The number of nitrogens with zero attached hydrogens (tertiary/aromatic N) is 1. The first-order valence-electron chi connectivity index (χ1n) is 10.6. The van der Waals surface area contributed by atoms with Gasteiger partial charge in [0.1, 0.15) is 17.4 Å². The van der Waals surface area contributed by atoms with Crippen molar-refractivity contribution < 1.29 is 23.9 Å². The monoisotopic (exact) mass is 679 g/mol. The van der Waals surface area contributed by atoms with Crippen molar-refractivity contribution in [1.29, 1.82) is 5.26 Å². The van der Waals surface area contributed by atoms with E-state index < -0.39 is 17.8 Å². The maximum absolute atomic E-state index is 12.6. The molecule has 3 aromatic carbocycles. The molecule has 0 fully saturated rings. The van der Waals surface area contributed by atoms with Gasteiger partial charge in [-0.15, -0.1) is 0 Å². The van der Waals surface area contributed by atoms with E-state index in [1.165, 1.54) is 43.5 Å². The molecule has 0 unspecified atom stereocenters. The second-order valence-electron chi connectivity index (χ2n) is 7.47. The standard InChI is InChI=1S/C26H17Br2Cl2N3O5/c1-37-26(36)15-2-4-17(5-3-15)33-25(35)16(12-31)8-14-9-19(27)24(20(28)10-14)38-13-23(34)32-18-6-7-21(29)22(30)11-18/h2-11H,13H2,1H3,(H,32,34)(H,33,35)/b16-8-. The predicted octanol–water partition coefficient (Wildman–Crippen LogP) is 6.87. The van der Waals surface area contributed by atoms with Crippen molar-refractivity contribution in [3.63, 3.8) is 0 Å². The summed E-state index contributed by atoms with van der Waals surface area (Å²) < 4.78 is 11.2. The largest absolute Gasteiger partial charge is 0.481 e. The van der Waals surface area contributed by atoms with Crippen LogP contribution in [-0.4, -0.2) is 31.5 Å². The maximum Gasteiger partial charge on any atom is 0.337 e. The third-order valence-electron chi connectivity index (χ3n) is 4.81. The molecule has 0 spiro atoms. The van der Waals surface area contributed by atoms with E-state index in [9.17, 15) is 19.6 Å². The molecule has 0 aliphatic rings. The summed E-state index contributed by atoms with van der Waals surface area (Å²) in [5.41, 5.74) is 1.55. The van der Waals surface area contributed by atoms with Gasteiger partial charge in [-0.25, -0.2) is 4.79 Å². The highest BCUT2D eigenvalue weighted by Crippen LogP contribution is 2.35. The van der Waals surface area contributed by atoms with Crippen LogP contribution in [0.4, 0.5) is 11.4 Å². The number of ether oxygens (including phenoxy) is 2. The molecule has 2 N–H and O–H groups in total. The van der Waals surface area contributed by atoms with Gasteiger partial charge >= 0.3 is 5.97 Å². The molecule has 0 bridgehead atoms. The van der Waals surface area contributed by atoms with Gasteiger partial charge in [0.2, 0.25) is 0 Å². The van der Waals surface area contributed by atoms with Gasteiger partial charge < -0.3 is 20.1 Å². The number of amides is 2. The molecule has 0 atom stereocenters. The number of methoxy groups -OCH3 is 1. The molecule has 38 heavy (non-hydrogen) atoms. The molecule has 3 rings (SSSR count). The summed E-state index contributed by atoms with van der Waals surface area (Å²) in [4.78, 5) is 36.5. The summed E-state index contributed by atoms with van der Waals surface area (Å²) in [6.07, 6.45) is 1.40. The molecule has 0 saturated carbocycles. The number of hydrogen-bond acceptors (Lipinski definition) is 6. The summed E-state index contributed by atoms with van der Waals surface area (Å²) in [7, 11) is 1.27. The van der Waals surface area contributed by atoms with Gasteiger partial charge in [-0.2, -0.15) is 5.26 Å². The van der Waals surface area contributed by atoms with E-state index in [0.29, 0.717) is 47.2 Å². The van der Waals surface area contributed by atoms with Gasteiger partial charge in [-0.3, -0.25) is 9.59 Å². The van der Waals surface area contributed by atoms with Gasteiger partial charge in [-0.05, 0) is 98.1 Å². The van der Waals surface area contributed by atoms with Crippen molar-refractivity contribution in [1.82, 2.24) is 0 Å². The fourth-order valence-corrected chi connectivity index (χ4v) is 4.78. The molecule has 8 nitrogen and oxygen atoms in total. The molecule has 0 aromatic heterocycles. The highest BCUT2D eigenvalue weighted by molar-refractivity contribution is 9.11. The van der Waals surface area contributed by atoms with E-state index in [2.05, 4.69) is 47.2 Å². The van der Waals surface area contributed by atoms with Crippen molar-refractivity contribution in [2.75, 3.05) is 24.4 Å². The van der Waals surface area contributed by atoms with Crippen LogP contribution in [0.1, 0.15) is 15.9 Å². The first-order valence-corrected chi connectivity index (χ1v) is 12.9. The Hall–Kier alpha value is -3.36. The lowest BCUT2D eigenvalue weighted by Gasteiger charge is -2.12. The second-order valence-corrected chi connectivity index (χ2v) is 10.00. The summed E-state index contributed by atoms with van der Waals surface area (Å²) in [6.45, 7) is -0.298. The summed E-state index contributed by atoms with van der Waals surface area (Å²) in [5.74, 6) is -1.21. The van der Waals surface area contributed by atoms with Gasteiger partial charge in [0.25, 0.3) is 11.8 Å². The second kappa shape index (κ2) is 13.4. The maximum atomic E-state index is 12.6. The Balaban J connectivity index is 1.67. The van der Waals surface area contributed by atoms with E-state index in [4.69, 9.17) is 27.9 Å². The fraction of sp³-hybridized carbons (Fsp3) is 0.0769. The van der Waals surface area contributed by atoms with Crippen LogP contribution in [0.5, 0.6) is 5.75 Å². The minimum atomic E-state index is -0.634. The fourth-order valence-electron chi connectivity index (χ4n) is 3.03. The molecule has 0 aliphatic carbocycles. The minimum absolute atomic E-state index is 0.157. The van der Waals surface area contributed by atoms with Gasteiger partial charge in [0.15, 0.2) is 6.61 Å².